The van der Waals surface area contributed by atoms with Crippen LogP contribution in [0.15, 0.2) is 57.9 Å². The zero-order chi connectivity index (χ0) is 17.1. The number of hydrogen-bond donors (Lipinski definition) is 0. The molecule has 3 aromatic rings. The van der Waals surface area contributed by atoms with Crippen molar-refractivity contribution < 1.29 is 0 Å². The summed E-state index contributed by atoms with van der Waals surface area (Å²) in [6, 6.07) is 13.6. The zero-order valence-corrected chi connectivity index (χ0v) is 15.5. The predicted octanol–water partition coefficient (Wildman–Crippen LogP) is 5.24. The first-order chi connectivity index (χ1) is 11.6. The number of aromatic nitrogens is 1. The Morgan fingerprint density at radius 3 is 2.54 bits per heavy atom. The number of benzene rings is 2. The van der Waals surface area contributed by atoms with Gasteiger partial charge in [-0.3, -0.25) is 4.99 Å². The lowest BCUT2D eigenvalue weighted by Crippen LogP contribution is -2.11. The molecule has 122 valence electrons. The van der Waals surface area contributed by atoms with Crippen molar-refractivity contribution in [3.8, 4) is 11.3 Å². The minimum atomic E-state index is 0.624. The van der Waals surface area contributed by atoms with Gasteiger partial charge in [0.2, 0.25) is 4.80 Å². The second-order valence-electron chi connectivity index (χ2n) is 5.22. The smallest absolute Gasteiger partial charge is 0.205 e. The van der Waals surface area contributed by atoms with E-state index in [2.05, 4.69) is 29.2 Å². The van der Waals surface area contributed by atoms with E-state index < -0.39 is 0 Å². The molecule has 0 atom stereocenters. The fraction of sp³-hybridized carbons (Fsp3) is 0.111. The third-order valence-electron chi connectivity index (χ3n) is 3.48. The van der Waals surface area contributed by atoms with Gasteiger partial charge in [-0.05, 0) is 30.7 Å². The maximum absolute atomic E-state index is 6.34. The molecule has 6 heteroatoms. The lowest BCUT2D eigenvalue weighted by Gasteiger charge is -2.06. The van der Waals surface area contributed by atoms with E-state index in [4.69, 9.17) is 23.2 Å². The van der Waals surface area contributed by atoms with Gasteiger partial charge in [0.25, 0.3) is 0 Å². The Morgan fingerprint density at radius 2 is 1.83 bits per heavy atom. The molecule has 0 N–H and O–H groups in total. The molecule has 0 saturated carbocycles. The van der Waals surface area contributed by atoms with Crippen LogP contribution < -0.4 is 4.80 Å². The van der Waals surface area contributed by atoms with Gasteiger partial charge >= 0.3 is 0 Å². The zero-order valence-electron chi connectivity index (χ0n) is 13.2. The standard InChI is InChI=1S/C18H15Cl2N3S/c1-12-3-5-13(6-4-12)10-22-23-17(11-24-18(23)21-2)15-9-14(19)7-8-16(15)20/h3-11H,1-2H3. The van der Waals surface area contributed by atoms with E-state index in [1.54, 1.807) is 23.9 Å². The van der Waals surface area contributed by atoms with Gasteiger partial charge in [-0.15, -0.1) is 11.3 Å². The minimum Gasteiger partial charge on any atom is -0.261 e. The molecule has 0 spiro atoms. The maximum atomic E-state index is 6.34. The average Bonchev–Trinajstić information content (AvgIpc) is 2.99. The highest BCUT2D eigenvalue weighted by atomic mass is 35.5. The monoisotopic (exact) mass is 375 g/mol. The van der Waals surface area contributed by atoms with Crippen LogP contribution in [0.1, 0.15) is 11.1 Å². The van der Waals surface area contributed by atoms with Crippen LogP contribution in [-0.4, -0.2) is 17.9 Å². The van der Waals surface area contributed by atoms with Gasteiger partial charge in [-0.25, -0.2) is 4.68 Å². The molecule has 3 rings (SSSR count). The van der Waals surface area contributed by atoms with Crippen LogP contribution in [0.4, 0.5) is 0 Å². The van der Waals surface area contributed by atoms with Crippen molar-refractivity contribution >= 4 is 40.8 Å². The molecule has 1 aromatic heterocycles. The van der Waals surface area contributed by atoms with Crippen molar-refractivity contribution in [2.24, 2.45) is 10.1 Å². The van der Waals surface area contributed by atoms with Crippen LogP contribution in [-0.2, 0) is 0 Å². The van der Waals surface area contributed by atoms with Gasteiger partial charge in [0.15, 0.2) is 0 Å². The molecule has 24 heavy (non-hydrogen) atoms. The van der Waals surface area contributed by atoms with Crippen molar-refractivity contribution in [3.05, 3.63) is 73.8 Å². The van der Waals surface area contributed by atoms with Crippen molar-refractivity contribution in [1.29, 1.82) is 0 Å². The van der Waals surface area contributed by atoms with Crippen LogP contribution >= 0.6 is 34.5 Å². The second kappa shape index (κ2) is 7.34. The third-order valence-corrected chi connectivity index (χ3v) is 4.95. The number of nitrogens with zero attached hydrogens (tertiary/aromatic N) is 3. The summed E-state index contributed by atoms with van der Waals surface area (Å²) in [6.45, 7) is 2.06. The number of thiazole rings is 1. The largest absolute Gasteiger partial charge is 0.261 e. The normalized spacial score (nSPS) is 12.2. The van der Waals surface area contributed by atoms with Crippen LogP contribution in [0.2, 0.25) is 10.0 Å². The Balaban J connectivity index is 2.09. The summed E-state index contributed by atoms with van der Waals surface area (Å²) in [5.41, 5.74) is 3.92. The molecule has 0 aliphatic carbocycles. The summed E-state index contributed by atoms with van der Waals surface area (Å²) in [7, 11) is 1.74. The van der Waals surface area contributed by atoms with E-state index in [9.17, 15) is 0 Å². The van der Waals surface area contributed by atoms with Gasteiger partial charge in [-0.1, -0.05) is 53.0 Å². The van der Waals surface area contributed by atoms with Crippen molar-refractivity contribution in [2.45, 2.75) is 6.92 Å². The van der Waals surface area contributed by atoms with Crippen LogP contribution in [0.25, 0.3) is 11.3 Å². The van der Waals surface area contributed by atoms with E-state index in [0.29, 0.717) is 10.0 Å². The van der Waals surface area contributed by atoms with Gasteiger partial charge in [0.1, 0.15) is 0 Å². The molecular weight excluding hydrogens is 361 g/mol. The first-order valence-electron chi connectivity index (χ1n) is 7.28. The predicted molar refractivity (Wildman–Crippen MR) is 103 cm³/mol. The molecule has 0 radical (unpaired) electrons. The van der Waals surface area contributed by atoms with E-state index in [1.807, 2.05) is 29.8 Å². The molecule has 0 amide bonds. The number of rotatable bonds is 3. The minimum absolute atomic E-state index is 0.624. The topological polar surface area (TPSA) is 29.6 Å². The SMILES string of the molecule is CN=c1scc(-c2cc(Cl)ccc2Cl)n1N=Cc1ccc(C)cc1. The molecular formula is C18H15Cl2N3S. The summed E-state index contributed by atoms with van der Waals surface area (Å²) >= 11 is 14.0. The Morgan fingerprint density at radius 1 is 1.08 bits per heavy atom. The Kier molecular flexibility index (Phi) is 5.19. The van der Waals surface area contributed by atoms with Crippen LogP contribution in [0.3, 0.4) is 0 Å². The van der Waals surface area contributed by atoms with Crippen LogP contribution in [0, 0.1) is 6.92 Å². The first kappa shape index (κ1) is 17.0. The number of aryl methyl sites for hydroxylation is 1. The fourth-order valence-electron chi connectivity index (χ4n) is 2.22. The Labute approximate surface area is 154 Å². The Hall–Kier alpha value is -1.88. The second-order valence-corrected chi connectivity index (χ2v) is 6.90. The summed E-state index contributed by atoms with van der Waals surface area (Å²) in [4.78, 5) is 5.07. The van der Waals surface area contributed by atoms with E-state index in [1.165, 1.54) is 16.9 Å². The molecule has 3 nitrogen and oxygen atoms in total. The van der Waals surface area contributed by atoms with Crippen molar-refractivity contribution in [1.82, 2.24) is 4.68 Å². The lowest BCUT2D eigenvalue weighted by molar-refractivity contribution is 0.848. The number of hydrogen-bond acceptors (Lipinski definition) is 3. The molecule has 0 unspecified atom stereocenters. The molecule has 0 fully saturated rings. The molecule has 0 bridgehead atoms. The molecule has 0 saturated heterocycles. The number of halogens is 2. The molecule has 0 aliphatic heterocycles. The van der Waals surface area contributed by atoms with Gasteiger partial charge in [-0.2, -0.15) is 5.10 Å². The van der Waals surface area contributed by atoms with E-state index in [-0.39, 0.29) is 0 Å². The first-order valence-corrected chi connectivity index (χ1v) is 8.92. The van der Waals surface area contributed by atoms with E-state index in [0.717, 1.165) is 21.6 Å². The summed E-state index contributed by atoms with van der Waals surface area (Å²) in [6.07, 6.45) is 1.81. The highest BCUT2D eigenvalue weighted by Crippen LogP contribution is 2.30. The van der Waals surface area contributed by atoms with Gasteiger partial charge in [0, 0.05) is 23.0 Å². The van der Waals surface area contributed by atoms with E-state index >= 15 is 0 Å². The van der Waals surface area contributed by atoms with Crippen LogP contribution in [0.5, 0.6) is 0 Å². The average molecular weight is 376 g/mol. The van der Waals surface area contributed by atoms with Crippen molar-refractivity contribution in [3.63, 3.8) is 0 Å². The Bertz CT molecular complexity index is 953. The van der Waals surface area contributed by atoms with Gasteiger partial charge in [0.05, 0.1) is 16.9 Å². The van der Waals surface area contributed by atoms with Crippen molar-refractivity contribution in [2.75, 3.05) is 7.05 Å². The summed E-state index contributed by atoms with van der Waals surface area (Å²) < 4.78 is 1.78. The van der Waals surface area contributed by atoms with Gasteiger partial charge < -0.3 is 0 Å². The maximum Gasteiger partial charge on any atom is 0.205 e. The molecule has 1 heterocycles. The molecule has 2 aromatic carbocycles. The lowest BCUT2D eigenvalue weighted by atomic mass is 10.2. The molecule has 0 aliphatic rings. The quantitative estimate of drug-likeness (QED) is 0.560. The summed E-state index contributed by atoms with van der Waals surface area (Å²) in [5.74, 6) is 0. The highest BCUT2D eigenvalue weighted by Gasteiger charge is 2.11. The fourth-order valence-corrected chi connectivity index (χ4v) is 3.40. The highest BCUT2D eigenvalue weighted by molar-refractivity contribution is 7.07. The third kappa shape index (κ3) is 3.61. The summed E-state index contributed by atoms with van der Waals surface area (Å²) in [5, 5.41) is 7.82.